The quantitative estimate of drug-likeness (QED) is 0.279. The average molecular weight is 437 g/mol. The van der Waals surface area contributed by atoms with Gasteiger partial charge < -0.3 is 4.42 Å². The van der Waals surface area contributed by atoms with Gasteiger partial charge in [-0.05, 0) is 35.9 Å². The molecule has 3 heteroatoms. The summed E-state index contributed by atoms with van der Waals surface area (Å²) in [5, 5.41) is 2.29. The van der Waals surface area contributed by atoms with Gasteiger partial charge in [0.2, 0.25) is 0 Å². The fourth-order valence-electron chi connectivity index (χ4n) is 4.83. The number of para-hydroxylation sites is 5. The second-order valence-corrected chi connectivity index (χ2v) is 8.45. The lowest BCUT2D eigenvalue weighted by atomic mass is 10.0. The Bertz CT molecular complexity index is 1790. The Morgan fingerprint density at radius 2 is 1.26 bits per heavy atom. The van der Waals surface area contributed by atoms with Crippen LogP contribution in [0.25, 0.3) is 61.2 Å². The predicted octanol–water partition coefficient (Wildman–Crippen LogP) is 8.26. The van der Waals surface area contributed by atoms with Gasteiger partial charge in [-0.15, -0.1) is 0 Å². The summed E-state index contributed by atoms with van der Waals surface area (Å²) in [5.74, 6) is 0.931. The molecule has 0 amide bonds. The maximum Gasteiger partial charge on any atom is 0.145 e. The van der Waals surface area contributed by atoms with E-state index < -0.39 is 0 Å². The van der Waals surface area contributed by atoms with Gasteiger partial charge in [0.25, 0.3) is 0 Å². The van der Waals surface area contributed by atoms with Crippen LogP contribution in [0.3, 0.4) is 0 Å². The number of hydrogen-bond donors (Lipinski definition) is 0. The zero-order chi connectivity index (χ0) is 22.5. The Labute approximate surface area is 196 Å². The van der Waals surface area contributed by atoms with E-state index in [4.69, 9.17) is 9.40 Å². The van der Waals surface area contributed by atoms with Gasteiger partial charge in [0.1, 0.15) is 17.0 Å². The molecule has 7 aromatic rings. The van der Waals surface area contributed by atoms with E-state index in [-0.39, 0.29) is 0 Å². The highest BCUT2D eigenvalue weighted by atomic mass is 16.3. The summed E-state index contributed by atoms with van der Waals surface area (Å²) in [4.78, 5) is 4.98. The van der Waals surface area contributed by atoms with Crippen LogP contribution in [0.2, 0.25) is 0 Å². The monoisotopic (exact) mass is 436 g/mol. The van der Waals surface area contributed by atoms with Crippen molar-refractivity contribution in [3.05, 3.63) is 121 Å². The number of aromatic nitrogens is 2. The summed E-state index contributed by atoms with van der Waals surface area (Å²) in [7, 11) is 0. The molecule has 0 aliphatic heterocycles. The highest BCUT2D eigenvalue weighted by molar-refractivity contribution is 6.09. The molecular formula is C31H20N2O. The van der Waals surface area contributed by atoms with Crippen molar-refractivity contribution in [1.82, 2.24) is 9.55 Å². The Kier molecular flexibility index (Phi) is 4.15. The SMILES string of the molecule is c1ccc(-n2c(-c3ccc(-c4cccc5c4oc4ccccc45)cc3)nc3ccccc32)cc1. The largest absolute Gasteiger partial charge is 0.455 e. The smallest absolute Gasteiger partial charge is 0.145 e. The third-order valence-corrected chi connectivity index (χ3v) is 6.43. The van der Waals surface area contributed by atoms with Gasteiger partial charge in [0, 0.05) is 27.6 Å². The first-order chi connectivity index (χ1) is 16.9. The van der Waals surface area contributed by atoms with Gasteiger partial charge >= 0.3 is 0 Å². The predicted molar refractivity (Wildman–Crippen MR) is 139 cm³/mol. The lowest BCUT2D eigenvalue weighted by Crippen LogP contribution is -1.97. The first kappa shape index (κ1) is 18.9. The van der Waals surface area contributed by atoms with E-state index in [1.54, 1.807) is 0 Å². The van der Waals surface area contributed by atoms with E-state index in [0.29, 0.717) is 0 Å². The molecular weight excluding hydrogens is 416 g/mol. The van der Waals surface area contributed by atoms with Crippen molar-refractivity contribution in [2.45, 2.75) is 0 Å². The number of rotatable bonds is 3. The third kappa shape index (κ3) is 2.87. The van der Waals surface area contributed by atoms with Gasteiger partial charge in [-0.1, -0.05) is 91.0 Å². The van der Waals surface area contributed by atoms with Crippen LogP contribution in [-0.2, 0) is 0 Å². The van der Waals surface area contributed by atoms with E-state index in [0.717, 1.165) is 61.2 Å². The molecule has 0 fully saturated rings. The number of fused-ring (bicyclic) bond motifs is 4. The first-order valence-corrected chi connectivity index (χ1v) is 11.4. The number of hydrogen-bond acceptors (Lipinski definition) is 2. The summed E-state index contributed by atoms with van der Waals surface area (Å²) in [6.45, 7) is 0. The van der Waals surface area contributed by atoms with Crippen molar-refractivity contribution < 1.29 is 4.42 Å². The maximum absolute atomic E-state index is 6.25. The minimum Gasteiger partial charge on any atom is -0.455 e. The lowest BCUT2D eigenvalue weighted by Gasteiger charge is -2.10. The number of nitrogens with zero attached hydrogens (tertiary/aromatic N) is 2. The van der Waals surface area contributed by atoms with Crippen LogP contribution in [0, 0.1) is 0 Å². The van der Waals surface area contributed by atoms with Crippen LogP contribution >= 0.6 is 0 Å². The molecule has 0 spiro atoms. The lowest BCUT2D eigenvalue weighted by molar-refractivity contribution is 0.670. The topological polar surface area (TPSA) is 31.0 Å². The summed E-state index contributed by atoms with van der Waals surface area (Å²) in [6, 6.07) is 41.8. The molecule has 0 atom stereocenters. The Morgan fingerprint density at radius 1 is 0.559 bits per heavy atom. The molecule has 0 saturated carbocycles. The van der Waals surface area contributed by atoms with Crippen molar-refractivity contribution >= 4 is 33.0 Å². The Hall–Kier alpha value is -4.63. The van der Waals surface area contributed by atoms with E-state index >= 15 is 0 Å². The molecule has 0 radical (unpaired) electrons. The molecule has 5 aromatic carbocycles. The highest BCUT2D eigenvalue weighted by Crippen LogP contribution is 2.36. The minimum absolute atomic E-state index is 0.915. The van der Waals surface area contributed by atoms with Crippen LogP contribution in [0.1, 0.15) is 0 Å². The van der Waals surface area contributed by atoms with Crippen LogP contribution < -0.4 is 0 Å². The fourth-order valence-corrected chi connectivity index (χ4v) is 4.83. The van der Waals surface area contributed by atoms with E-state index in [2.05, 4.69) is 102 Å². The molecule has 3 nitrogen and oxygen atoms in total. The third-order valence-electron chi connectivity index (χ3n) is 6.43. The van der Waals surface area contributed by atoms with Gasteiger partial charge in [-0.2, -0.15) is 0 Å². The molecule has 7 rings (SSSR count). The minimum atomic E-state index is 0.915. The van der Waals surface area contributed by atoms with Crippen molar-refractivity contribution in [3.8, 4) is 28.2 Å². The zero-order valence-electron chi connectivity index (χ0n) is 18.3. The highest BCUT2D eigenvalue weighted by Gasteiger charge is 2.15. The van der Waals surface area contributed by atoms with Crippen LogP contribution in [-0.4, -0.2) is 9.55 Å². The molecule has 34 heavy (non-hydrogen) atoms. The van der Waals surface area contributed by atoms with Crippen molar-refractivity contribution in [3.63, 3.8) is 0 Å². The molecule has 0 N–H and O–H groups in total. The number of furan rings is 1. The van der Waals surface area contributed by atoms with E-state index in [1.165, 1.54) is 0 Å². The normalized spacial score (nSPS) is 11.5. The van der Waals surface area contributed by atoms with E-state index in [1.807, 2.05) is 24.3 Å². The Morgan fingerprint density at radius 3 is 2.15 bits per heavy atom. The fraction of sp³-hybridized carbons (Fsp3) is 0. The van der Waals surface area contributed by atoms with Crippen LogP contribution in [0.15, 0.2) is 126 Å². The van der Waals surface area contributed by atoms with Gasteiger partial charge in [-0.25, -0.2) is 4.98 Å². The van der Waals surface area contributed by atoms with Crippen molar-refractivity contribution in [2.24, 2.45) is 0 Å². The van der Waals surface area contributed by atoms with Gasteiger partial charge in [0.05, 0.1) is 11.0 Å². The van der Waals surface area contributed by atoms with Crippen LogP contribution in [0.4, 0.5) is 0 Å². The van der Waals surface area contributed by atoms with Gasteiger partial charge in [0.15, 0.2) is 0 Å². The van der Waals surface area contributed by atoms with Gasteiger partial charge in [-0.3, -0.25) is 4.57 Å². The maximum atomic E-state index is 6.25. The molecule has 2 aromatic heterocycles. The summed E-state index contributed by atoms with van der Waals surface area (Å²) >= 11 is 0. The second-order valence-electron chi connectivity index (χ2n) is 8.45. The molecule has 0 bridgehead atoms. The summed E-state index contributed by atoms with van der Waals surface area (Å²) in [6.07, 6.45) is 0. The summed E-state index contributed by atoms with van der Waals surface area (Å²) < 4.78 is 8.48. The zero-order valence-corrected chi connectivity index (χ0v) is 18.3. The average Bonchev–Trinajstić information content (AvgIpc) is 3.48. The molecule has 0 saturated heterocycles. The molecule has 160 valence electrons. The van der Waals surface area contributed by atoms with Crippen molar-refractivity contribution in [1.29, 1.82) is 0 Å². The number of benzene rings is 5. The second kappa shape index (κ2) is 7.46. The molecule has 0 aliphatic rings. The summed E-state index contributed by atoms with van der Waals surface area (Å²) in [5.41, 5.74) is 8.30. The van der Waals surface area contributed by atoms with Crippen LogP contribution in [0.5, 0.6) is 0 Å². The molecule has 0 unspecified atom stereocenters. The standard InChI is InChI=1S/C31H20N2O/c1-2-9-23(10-3-1)33-28-15-6-5-14-27(28)32-31(33)22-19-17-21(18-20-22)24-12-8-13-26-25-11-4-7-16-29(25)34-30(24)26/h1-20H. The Balaban J connectivity index is 1.38. The van der Waals surface area contributed by atoms with E-state index in [9.17, 15) is 0 Å². The van der Waals surface area contributed by atoms with Crippen molar-refractivity contribution in [2.75, 3.05) is 0 Å². The number of imidazole rings is 1. The molecule has 0 aliphatic carbocycles. The first-order valence-electron chi connectivity index (χ1n) is 11.4. The molecule has 2 heterocycles.